The minimum atomic E-state index is -0.0232. The van der Waals surface area contributed by atoms with Crippen LogP contribution in [0, 0.1) is 0 Å². The molecule has 0 atom stereocenters. The highest BCUT2D eigenvalue weighted by Gasteiger charge is 2.12. The largest absolute Gasteiger partial charge is 0.501 e. The zero-order chi connectivity index (χ0) is 11.8. The molecule has 3 nitrogen and oxygen atoms in total. The first-order valence-electron chi connectivity index (χ1n) is 6.25. The van der Waals surface area contributed by atoms with Gasteiger partial charge < -0.3 is 10.1 Å². The summed E-state index contributed by atoms with van der Waals surface area (Å²) in [5.74, 6) is 0.633. The van der Waals surface area contributed by atoms with Crippen LogP contribution in [0.1, 0.15) is 51.9 Å². The molecular weight excluding hydrogens is 202 g/mol. The van der Waals surface area contributed by atoms with E-state index in [0.717, 1.165) is 12.8 Å². The highest BCUT2D eigenvalue weighted by molar-refractivity contribution is 5.88. The van der Waals surface area contributed by atoms with E-state index in [2.05, 4.69) is 5.32 Å². The van der Waals surface area contributed by atoms with E-state index in [1.807, 2.05) is 0 Å². The molecule has 0 aromatic carbocycles. The van der Waals surface area contributed by atoms with Gasteiger partial charge in [-0.25, -0.2) is 0 Å². The lowest BCUT2D eigenvalue weighted by Gasteiger charge is -2.20. The minimum absolute atomic E-state index is 0.0232. The van der Waals surface area contributed by atoms with Crippen LogP contribution in [0.3, 0.4) is 0 Å². The molecule has 1 N–H and O–H groups in total. The van der Waals surface area contributed by atoms with Crippen LogP contribution in [-0.4, -0.2) is 19.1 Å². The van der Waals surface area contributed by atoms with Crippen molar-refractivity contribution in [3.05, 3.63) is 11.8 Å². The fourth-order valence-electron chi connectivity index (χ4n) is 2.09. The van der Waals surface area contributed by atoms with E-state index in [4.69, 9.17) is 4.74 Å². The molecule has 1 aliphatic carbocycles. The molecule has 0 heterocycles. The van der Waals surface area contributed by atoms with Crippen LogP contribution in [0.4, 0.5) is 0 Å². The van der Waals surface area contributed by atoms with Gasteiger partial charge in [-0.2, -0.15) is 0 Å². The van der Waals surface area contributed by atoms with Gasteiger partial charge in [-0.1, -0.05) is 32.1 Å². The number of carbonyl (C=O) groups is 1. The van der Waals surface area contributed by atoms with E-state index >= 15 is 0 Å². The van der Waals surface area contributed by atoms with Crippen molar-refractivity contribution in [3.63, 3.8) is 0 Å². The Morgan fingerprint density at radius 2 is 1.75 bits per heavy atom. The summed E-state index contributed by atoms with van der Waals surface area (Å²) in [7, 11) is 1.58. The molecule has 0 saturated heterocycles. The first-order valence-corrected chi connectivity index (χ1v) is 6.25. The second-order valence-electron chi connectivity index (χ2n) is 4.51. The first kappa shape index (κ1) is 13.1. The normalized spacial score (nSPS) is 19.8. The fourth-order valence-corrected chi connectivity index (χ4v) is 2.09. The monoisotopic (exact) mass is 225 g/mol. The van der Waals surface area contributed by atoms with Crippen molar-refractivity contribution >= 4 is 5.91 Å². The number of ether oxygens (including phenoxy) is 1. The zero-order valence-electron chi connectivity index (χ0n) is 10.4. The van der Waals surface area contributed by atoms with Gasteiger partial charge in [0.05, 0.1) is 12.9 Å². The van der Waals surface area contributed by atoms with E-state index in [1.54, 1.807) is 14.0 Å². The van der Waals surface area contributed by atoms with Gasteiger partial charge in [0.2, 0.25) is 5.91 Å². The van der Waals surface area contributed by atoms with Crippen molar-refractivity contribution in [2.75, 3.05) is 7.11 Å². The third-order valence-corrected chi connectivity index (χ3v) is 3.11. The van der Waals surface area contributed by atoms with Crippen molar-refractivity contribution in [1.29, 1.82) is 0 Å². The smallest absolute Gasteiger partial charge is 0.247 e. The minimum Gasteiger partial charge on any atom is -0.501 e. The van der Waals surface area contributed by atoms with Crippen molar-refractivity contribution in [1.82, 2.24) is 5.32 Å². The molecule has 0 spiro atoms. The van der Waals surface area contributed by atoms with Crippen molar-refractivity contribution in [3.8, 4) is 0 Å². The van der Waals surface area contributed by atoms with Crippen LogP contribution in [0.25, 0.3) is 0 Å². The molecule has 3 heteroatoms. The Hall–Kier alpha value is -0.990. The molecular formula is C13H23NO2. The quantitative estimate of drug-likeness (QED) is 0.592. The van der Waals surface area contributed by atoms with Crippen LogP contribution < -0.4 is 5.32 Å². The number of hydrogen-bond donors (Lipinski definition) is 1. The van der Waals surface area contributed by atoms with E-state index in [-0.39, 0.29) is 5.91 Å². The van der Waals surface area contributed by atoms with Crippen molar-refractivity contribution < 1.29 is 9.53 Å². The van der Waals surface area contributed by atoms with Gasteiger partial charge in [-0.05, 0) is 19.8 Å². The summed E-state index contributed by atoms with van der Waals surface area (Å²) in [6, 6.07) is 0.355. The lowest BCUT2D eigenvalue weighted by Crippen LogP contribution is -2.34. The molecule has 1 rings (SSSR count). The highest BCUT2D eigenvalue weighted by atomic mass is 16.5. The molecule has 1 fully saturated rings. The average molecular weight is 225 g/mol. The van der Waals surface area contributed by atoms with Gasteiger partial charge in [0.15, 0.2) is 0 Å². The fraction of sp³-hybridized carbons (Fsp3) is 0.769. The molecule has 1 saturated carbocycles. The second kappa shape index (κ2) is 7.31. The lowest BCUT2D eigenvalue weighted by molar-refractivity contribution is -0.117. The summed E-state index contributed by atoms with van der Waals surface area (Å²) >= 11 is 0. The van der Waals surface area contributed by atoms with Crippen LogP contribution in [0.2, 0.25) is 0 Å². The zero-order valence-corrected chi connectivity index (χ0v) is 10.4. The summed E-state index contributed by atoms with van der Waals surface area (Å²) in [5.41, 5.74) is 0. The first-order chi connectivity index (χ1) is 7.72. The Morgan fingerprint density at radius 3 is 2.31 bits per heavy atom. The van der Waals surface area contributed by atoms with Gasteiger partial charge in [0.25, 0.3) is 0 Å². The highest BCUT2D eigenvalue weighted by Crippen LogP contribution is 2.17. The Labute approximate surface area is 98.2 Å². The SMILES string of the molecule is COC(C)=CC(=O)NC1CCCCCCC1. The number of amides is 1. The number of hydrogen-bond acceptors (Lipinski definition) is 2. The number of methoxy groups -OCH3 is 1. The van der Waals surface area contributed by atoms with E-state index in [1.165, 1.54) is 38.2 Å². The second-order valence-corrected chi connectivity index (χ2v) is 4.51. The molecule has 16 heavy (non-hydrogen) atoms. The molecule has 0 aromatic rings. The number of rotatable bonds is 3. The molecule has 1 amide bonds. The predicted molar refractivity (Wildman–Crippen MR) is 65.0 cm³/mol. The van der Waals surface area contributed by atoms with E-state index in [0.29, 0.717) is 11.8 Å². The number of allylic oxidation sites excluding steroid dienone is 1. The molecule has 0 bridgehead atoms. The lowest BCUT2D eigenvalue weighted by atomic mass is 9.97. The maximum Gasteiger partial charge on any atom is 0.247 e. The van der Waals surface area contributed by atoms with E-state index < -0.39 is 0 Å². The van der Waals surface area contributed by atoms with Gasteiger partial charge in [-0.15, -0.1) is 0 Å². The standard InChI is InChI=1S/C13H23NO2/c1-11(16-2)10-13(15)14-12-8-6-4-3-5-7-9-12/h10,12H,3-9H2,1-2H3,(H,14,15). The molecule has 92 valence electrons. The molecule has 1 aliphatic rings. The van der Waals surface area contributed by atoms with Gasteiger partial charge >= 0.3 is 0 Å². The Morgan fingerprint density at radius 1 is 1.19 bits per heavy atom. The summed E-state index contributed by atoms with van der Waals surface area (Å²) in [4.78, 5) is 11.6. The third-order valence-electron chi connectivity index (χ3n) is 3.11. The van der Waals surface area contributed by atoms with Gasteiger partial charge in [-0.3, -0.25) is 4.79 Å². The van der Waals surface area contributed by atoms with Crippen LogP contribution in [-0.2, 0) is 9.53 Å². The van der Waals surface area contributed by atoms with Crippen LogP contribution >= 0.6 is 0 Å². The van der Waals surface area contributed by atoms with Crippen LogP contribution in [0.5, 0.6) is 0 Å². The maximum atomic E-state index is 11.6. The third kappa shape index (κ3) is 5.19. The average Bonchev–Trinajstić information content (AvgIpc) is 2.21. The van der Waals surface area contributed by atoms with Crippen LogP contribution in [0.15, 0.2) is 11.8 Å². The Kier molecular flexibility index (Phi) is 5.98. The predicted octanol–water partition coefficient (Wildman–Crippen LogP) is 2.77. The Bertz CT molecular complexity index is 240. The molecule has 0 aromatic heterocycles. The molecule has 0 aliphatic heterocycles. The van der Waals surface area contributed by atoms with Crippen molar-refractivity contribution in [2.45, 2.75) is 57.9 Å². The summed E-state index contributed by atoms with van der Waals surface area (Å²) in [5, 5.41) is 3.06. The summed E-state index contributed by atoms with van der Waals surface area (Å²) in [6.45, 7) is 1.79. The summed E-state index contributed by atoms with van der Waals surface area (Å²) < 4.78 is 4.95. The van der Waals surface area contributed by atoms with E-state index in [9.17, 15) is 4.79 Å². The number of carbonyl (C=O) groups excluding carboxylic acids is 1. The van der Waals surface area contributed by atoms with Gasteiger partial charge in [0, 0.05) is 12.1 Å². The molecule has 0 unspecified atom stereocenters. The van der Waals surface area contributed by atoms with Crippen molar-refractivity contribution in [2.24, 2.45) is 0 Å². The van der Waals surface area contributed by atoms with Gasteiger partial charge in [0.1, 0.15) is 0 Å². The number of nitrogens with one attached hydrogen (secondary N) is 1. The topological polar surface area (TPSA) is 38.3 Å². The maximum absolute atomic E-state index is 11.6. The molecule has 0 radical (unpaired) electrons. The Balaban J connectivity index is 2.36. The summed E-state index contributed by atoms with van der Waals surface area (Å²) in [6.07, 6.45) is 10.2.